The van der Waals surface area contributed by atoms with E-state index in [2.05, 4.69) is 38.6 Å². The van der Waals surface area contributed by atoms with Crippen LogP contribution in [0.15, 0.2) is 5.16 Å². The van der Waals surface area contributed by atoms with Crippen LogP contribution in [0.3, 0.4) is 0 Å². The SMILES string of the molecule is CO/N=C1\CC[C@H]2[C@@H]3CCC4CC(O[Si](C)(C)C)CC[C@]4(C)[C@H]3CC[C@]12C. The molecule has 4 aliphatic rings. The Morgan fingerprint density at radius 3 is 2.44 bits per heavy atom. The molecule has 2 unspecified atom stereocenters. The average molecular weight is 392 g/mol. The molecule has 0 aromatic heterocycles. The molecule has 0 heterocycles. The molecule has 0 amide bonds. The topological polar surface area (TPSA) is 30.8 Å². The number of hydrogen-bond acceptors (Lipinski definition) is 3. The third-order valence-corrected chi connectivity index (χ3v) is 10.1. The zero-order chi connectivity index (χ0) is 19.4. The van der Waals surface area contributed by atoms with Gasteiger partial charge in [0, 0.05) is 11.5 Å². The van der Waals surface area contributed by atoms with Crippen molar-refractivity contribution in [1.82, 2.24) is 0 Å². The first-order valence-corrected chi connectivity index (χ1v) is 14.9. The van der Waals surface area contributed by atoms with Gasteiger partial charge < -0.3 is 9.26 Å². The lowest BCUT2D eigenvalue weighted by Gasteiger charge is -2.60. The van der Waals surface area contributed by atoms with Crippen molar-refractivity contribution in [1.29, 1.82) is 0 Å². The normalized spacial score (nSPS) is 48.7. The lowest BCUT2D eigenvalue weighted by Crippen LogP contribution is -2.54. The molecule has 0 bridgehead atoms. The van der Waals surface area contributed by atoms with E-state index in [9.17, 15) is 0 Å². The zero-order valence-electron chi connectivity index (χ0n) is 18.5. The Morgan fingerprint density at radius 2 is 1.74 bits per heavy atom. The maximum atomic E-state index is 6.54. The number of hydrogen-bond donors (Lipinski definition) is 0. The van der Waals surface area contributed by atoms with Crippen LogP contribution < -0.4 is 0 Å². The van der Waals surface area contributed by atoms with E-state index >= 15 is 0 Å². The minimum absolute atomic E-state index is 0.304. The highest BCUT2D eigenvalue weighted by Crippen LogP contribution is 2.65. The van der Waals surface area contributed by atoms with Crippen molar-refractivity contribution < 1.29 is 9.26 Å². The molecule has 4 aliphatic carbocycles. The number of oxime groups is 1. The van der Waals surface area contributed by atoms with Crippen LogP contribution in [0, 0.1) is 34.5 Å². The monoisotopic (exact) mass is 391 g/mol. The summed E-state index contributed by atoms with van der Waals surface area (Å²) in [5.74, 6) is 3.54. The Labute approximate surface area is 167 Å². The van der Waals surface area contributed by atoms with Crippen LogP contribution in [0.4, 0.5) is 0 Å². The second-order valence-electron chi connectivity index (χ2n) is 11.5. The largest absolute Gasteiger partial charge is 0.415 e. The van der Waals surface area contributed by atoms with E-state index < -0.39 is 8.32 Å². The van der Waals surface area contributed by atoms with Gasteiger partial charge in [-0.1, -0.05) is 19.0 Å². The van der Waals surface area contributed by atoms with Crippen molar-refractivity contribution in [2.75, 3.05) is 7.11 Å². The molecule has 0 spiro atoms. The number of fused-ring (bicyclic) bond motifs is 5. The second kappa shape index (κ2) is 6.86. The first-order valence-electron chi connectivity index (χ1n) is 11.5. The fourth-order valence-electron chi connectivity index (χ4n) is 7.87. The Hall–Kier alpha value is -0.353. The molecular formula is C23H41NO2Si. The maximum Gasteiger partial charge on any atom is 0.184 e. The first-order chi connectivity index (χ1) is 12.7. The molecule has 4 rings (SSSR count). The summed E-state index contributed by atoms with van der Waals surface area (Å²) >= 11 is 0. The van der Waals surface area contributed by atoms with Gasteiger partial charge in [0.15, 0.2) is 8.32 Å². The number of nitrogens with zero attached hydrogens (tertiary/aromatic N) is 1. The Morgan fingerprint density at radius 1 is 0.963 bits per heavy atom. The van der Waals surface area contributed by atoms with E-state index in [1.54, 1.807) is 7.11 Å². The Kier molecular flexibility index (Phi) is 5.07. The molecule has 0 N–H and O–H groups in total. The van der Waals surface area contributed by atoms with Crippen LogP contribution in [-0.2, 0) is 9.26 Å². The summed E-state index contributed by atoms with van der Waals surface area (Å²) in [6.45, 7) is 12.2. The van der Waals surface area contributed by atoms with Gasteiger partial charge in [0.05, 0.1) is 5.71 Å². The average Bonchev–Trinajstić information content (AvgIpc) is 2.91. The van der Waals surface area contributed by atoms with Gasteiger partial charge in [0.1, 0.15) is 7.11 Å². The Balaban J connectivity index is 1.52. The molecule has 3 nitrogen and oxygen atoms in total. The summed E-state index contributed by atoms with van der Waals surface area (Å²) < 4.78 is 6.54. The van der Waals surface area contributed by atoms with Crippen molar-refractivity contribution in [3.63, 3.8) is 0 Å². The van der Waals surface area contributed by atoms with Gasteiger partial charge in [0.25, 0.3) is 0 Å². The summed E-state index contributed by atoms with van der Waals surface area (Å²) in [5.41, 5.74) is 2.21. The van der Waals surface area contributed by atoms with Crippen LogP contribution in [0.2, 0.25) is 19.6 Å². The van der Waals surface area contributed by atoms with Gasteiger partial charge in [-0.15, -0.1) is 0 Å². The van der Waals surface area contributed by atoms with E-state index in [0.717, 1.165) is 30.1 Å². The van der Waals surface area contributed by atoms with Gasteiger partial charge in [0.2, 0.25) is 0 Å². The molecular weight excluding hydrogens is 350 g/mol. The van der Waals surface area contributed by atoms with E-state index in [0.29, 0.717) is 16.9 Å². The number of rotatable bonds is 3. The van der Waals surface area contributed by atoms with E-state index in [-0.39, 0.29) is 0 Å². The predicted molar refractivity (Wildman–Crippen MR) is 114 cm³/mol. The lowest BCUT2D eigenvalue weighted by atomic mass is 9.45. The lowest BCUT2D eigenvalue weighted by molar-refractivity contribution is -0.111. The fourth-order valence-corrected chi connectivity index (χ4v) is 9.09. The highest BCUT2D eigenvalue weighted by atomic mass is 28.4. The standard InChI is InChI=1S/C23H41NO2Si/c1-22-13-11-17(26-27(4,5)6)15-16(22)7-8-18-19-9-10-21(24-25-3)23(19,2)14-12-20(18)22/h16-20H,7-15H2,1-6H3/b24-21+/t16?,17?,18-,19-,20-,22-,23-/m0/s1. The quantitative estimate of drug-likeness (QED) is 0.420. The summed E-state index contributed by atoms with van der Waals surface area (Å²) in [7, 11) is 0.283. The molecule has 27 heavy (non-hydrogen) atoms. The highest BCUT2D eigenvalue weighted by Gasteiger charge is 2.59. The van der Waals surface area contributed by atoms with Crippen LogP contribution in [-0.4, -0.2) is 27.2 Å². The van der Waals surface area contributed by atoms with Gasteiger partial charge in [-0.3, -0.25) is 0 Å². The van der Waals surface area contributed by atoms with Crippen molar-refractivity contribution in [2.45, 2.75) is 97.4 Å². The first kappa shape index (κ1) is 19.9. The third kappa shape index (κ3) is 3.33. The third-order valence-electron chi connectivity index (χ3n) is 9.08. The van der Waals surface area contributed by atoms with Gasteiger partial charge in [-0.2, -0.15) is 0 Å². The maximum absolute atomic E-state index is 6.54. The molecule has 0 radical (unpaired) electrons. The minimum Gasteiger partial charge on any atom is -0.415 e. The van der Waals surface area contributed by atoms with Crippen LogP contribution in [0.25, 0.3) is 0 Å². The Bertz CT molecular complexity index is 600. The van der Waals surface area contributed by atoms with Crippen LogP contribution in [0.5, 0.6) is 0 Å². The molecule has 0 saturated heterocycles. The molecule has 0 aromatic rings. The molecule has 4 fully saturated rings. The molecule has 4 saturated carbocycles. The van der Waals surface area contributed by atoms with Crippen molar-refractivity contribution in [3.8, 4) is 0 Å². The fraction of sp³-hybridized carbons (Fsp3) is 0.957. The van der Waals surface area contributed by atoms with E-state index in [1.807, 2.05) is 0 Å². The summed E-state index contributed by atoms with van der Waals surface area (Å²) in [6, 6.07) is 0. The van der Waals surface area contributed by atoms with E-state index in [1.165, 1.54) is 57.1 Å². The molecule has 154 valence electrons. The van der Waals surface area contributed by atoms with Crippen molar-refractivity contribution in [2.24, 2.45) is 39.7 Å². The minimum atomic E-state index is -1.43. The second-order valence-corrected chi connectivity index (χ2v) is 16.0. The van der Waals surface area contributed by atoms with Gasteiger partial charge in [-0.05, 0) is 107 Å². The van der Waals surface area contributed by atoms with Crippen LogP contribution in [0.1, 0.15) is 71.6 Å². The van der Waals surface area contributed by atoms with Crippen molar-refractivity contribution >= 4 is 14.0 Å². The highest BCUT2D eigenvalue weighted by molar-refractivity contribution is 6.69. The van der Waals surface area contributed by atoms with Crippen LogP contribution >= 0.6 is 0 Å². The summed E-state index contributed by atoms with van der Waals surface area (Å²) in [5, 5.41) is 4.46. The van der Waals surface area contributed by atoms with Gasteiger partial charge in [-0.25, -0.2) is 0 Å². The summed E-state index contributed by atoms with van der Waals surface area (Å²) in [4.78, 5) is 5.21. The molecule has 4 heteroatoms. The van der Waals surface area contributed by atoms with Crippen molar-refractivity contribution in [3.05, 3.63) is 0 Å². The molecule has 0 aromatic carbocycles. The predicted octanol–water partition coefficient (Wildman–Crippen LogP) is 6.25. The smallest absolute Gasteiger partial charge is 0.184 e. The molecule has 7 atom stereocenters. The van der Waals surface area contributed by atoms with E-state index in [4.69, 9.17) is 9.26 Å². The summed E-state index contributed by atoms with van der Waals surface area (Å²) in [6.07, 6.45) is 12.6. The molecule has 0 aliphatic heterocycles. The zero-order valence-corrected chi connectivity index (χ0v) is 19.5. The van der Waals surface area contributed by atoms with Gasteiger partial charge >= 0.3 is 0 Å².